The molecule has 2 atom stereocenters. The van der Waals surface area contributed by atoms with E-state index in [1.165, 1.54) is 17.0 Å². The van der Waals surface area contributed by atoms with E-state index in [4.69, 9.17) is 0 Å². The van der Waals surface area contributed by atoms with Crippen LogP contribution in [0.15, 0.2) is 89.8 Å². The Kier molecular flexibility index (Phi) is 10.1. The molecule has 0 aromatic heterocycles. The lowest BCUT2D eigenvalue weighted by Crippen LogP contribution is -2.53. The van der Waals surface area contributed by atoms with Crippen molar-refractivity contribution in [3.8, 4) is 0 Å². The zero-order valence-electron chi connectivity index (χ0n) is 22.5. The van der Waals surface area contributed by atoms with Gasteiger partial charge in [0, 0.05) is 12.6 Å². The summed E-state index contributed by atoms with van der Waals surface area (Å²) in [7, 11) is -4.06. The fourth-order valence-corrected chi connectivity index (χ4v) is 5.54. The fourth-order valence-electron chi connectivity index (χ4n) is 4.10. The Bertz CT molecular complexity index is 1300. The third kappa shape index (κ3) is 7.22. The van der Waals surface area contributed by atoms with Gasteiger partial charge in [-0.05, 0) is 56.5 Å². The van der Waals surface area contributed by atoms with E-state index in [9.17, 15) is 18.0 Å². The highest BCUT2D eigenvalue weighted by atomic mass is 32.2. The third-order valence-electron chi connectivity index (χ3n) is 6.51. The number of carbonyl (C=O) groups excluding carboxylic acids is 2. The lowest BCUT2D eigenvalue weighted by molar-refractivity contribution is -0.140. The summed E-state index contributed by atoms with van der Waals surface area (Å²) in [6.45, 7) is 7.39. The molecule has 202 valence electrons. The predicted octanol–water partition coefficient (Wildman–Crippen LogP) is 4.91. The first-order valence-corrected chi connectivity index (χ1v) is 14.4. The van der Waals surface area contributed by atoms with Crippen LogP contribution in [0.25, 0.3) is 0 Å². The van der Waals surface area contributed by atoms with E-state index in [1.807, 2.05) is 70.2 Å². The summed E-state index contributed by atoms with van der Waals surface area (Å²) < 4.78 is 28.7. The van der Waals surface area contributed by atoms with Gasteiger partial charge in [-0.3, -0.25) is 13.9 Å². The molecule has 0 aliphatic rings. The van der Waals surface area contributed by atoms with E-state index in [1.54, 1.807) is 30.3 Å². The smallest absolute Gasteiger partial charge is 0.264 e. The Morgan fingerprint density at radius 1 is 0.842 bits per heavy atom. The maximum absolute atomic E-state index is 14.0. The van der Waals surface area contributed by atoms with Crippen LogP contribution in [0.5, 0.6) is 0 Å². The summed E-state index contributed by atoms with van der Waals surface area (Å²) in [4.78, 5) is 28.8. The molecular formula is C30H37N3O4S. The molecule has 0 aliphatic heterocycles. The molecule has 0 saturated carbocycles. The number of amides is 2. The number of aryl methyl sites for hydroxylation is 1. The highest BCUT2D eigenvalue weighted by Gasteiger charge is 2.33. The summed E-state index contributed by atoms with van der Waals surface area (Å²) in [6.07, 6.45) is 1.14. The van der Waals surface area contributed by atoms with E-state index < -0.39 is 28.5 Å². The van der Waals surface area contributed by atoms with E-state index in [-0.39, 0.29) is 23.4 Å². The molecular weight excluding hydrogens is 498 g/mol. The average molecular weight is 536 g/mol. The van der Waals surface area contributed by atoms with Crippen molar-refractivity contribution in [1.29, 1.82) is 0 Å². The standard InChI is InChI=1S/C30H37N3O4S/c1-5-24(4)31-30(35)28(6-2)32(21-25-13-9-7-10-14-25)29(34)22-33(26-19-17-23(3)18-20-26)38(36,37)27-15-11-8-12-16-27/h7-20,24,28H,5-6,21-22H2,1-4H3,(H,31,35)/t24-,28-/m1/s1. The second-order valence-electron chi connectivity index (χ2n) is 9.41. The number of carbonyl (C=O) groups is 2. The van der Waals surface area contributed by atoms with E-state index in [0.29, 0.717) is 12.1 Å². The second kappa shape index (κ2) is 13.2. The molecule has 38 heavy (non-hydrogen) atoms. The lowest BCUT2D eigenvalue weighted by Gasteiger charge is -2.33. The van der Waals surface area contributed by atoms with Gasteiger partial charge in [-0.1, -0.05) is 80.1 Å². The molecule has 7 nitrogen and oxygen atoms in total. The van der Waals surface area contributed by atoms with Crippen molar-refractivity contribution in [2.45, 2.75) is 64.1 Å². The zero-order chi connectivity index (χ0) is 27.7. The molecule has 0 fully saturated rings. The Morgan fingerprint density at radius 3 is 1.97 bits per heavy atom. The van der Waals surface area contributed by atoms with Crippen molar-refractivity contribution in [2.24, 2.45) is 0 Å². The van der Waals surface area contributed by atoms with E-state index in [0.717, 1.165) is 21.9 Å². The third-order valence-corrected chi connectivity index (χ3v) is 8.30. The SMILES string of the molecule is CC[C@@H](C)NC(=O)[C@@H](CC)N(Cc1ccccc1)C(=O)CN(c1ccc(C)cc1)S(=O)(=O)c1ccccc1. The summed E-state index contributed by atoms with van der Waals surface area (Å²) in [5.41, 5.74) is 2.20. The van der Waals surface area contributed by atoms with E-state index >= 15 is 0 Å². The van der Waals surface area contributed by atoms with Crippen LogP contribution in [-0.2, 0) is 26.2 Å². The zero-order valence-corrected chi connectivity index (χ0v) is 23.3. The van der Waals surface area contributed by atoms with Gasteiger partial charge >= 0.3 is 0 Å². The fraction of sp³-hybridized carbons (Fsp3) is 0.333. The molecule has 0 aliphatic carbocycles. The summed E-state index contributed by atoms with van der Waals surface area (Å²) in [5.74, 6) is -0.709. The number of nitrogens with one attached hydrogen (secondary N) is 1. The van der Waals surface area contributed by atoms with Gasteiger partial charge in [0.2, 0.25) is 11.8 Å². The van der Waals surface area contributed by atoms with Crippen LogP contribution in [0.4, 0.5) is 5.69 Å². The molecule has 0 saturated heterocycles. The molecule has 8 heteroatoms. The van der Waals surface area contributed by atoms with Gasteiger partial charge in [-0.2, -0.15) is 0 Å². The number of anilines is 1. The van der Waals surface area contributed by atoms with Crippen LogP contribution in [0.2, 0.25) is 0 Å². The molecule has 3 rings (SSSR count). The number of hydrogen-bond donors (Lipinski definition) is 1. The summed E-state index contributed by atoms with van der Waals surface area (Å²) in [6, 6.07) is 23.7. The Morgan fingerprint density at radius 2 is 1.42 bits per heavy atom. The number of hydrogen-bond acceptors (Lipinski definition) is 4. The average Bonchev–Trinajstić information content (AvgIpc) is 2.93. The first-order chi connectivity index (χ1) is 18.2. The summed E-state index contributed by atoms with van der Waals surface area (Å²) in [5, 5.41) is 2.98. The molecule has 0 heterocycles. The summed E-state index contributed by atoms with van der Waals surface area (Å²) >= 11 is 0. The first-order valence-electron chi connectivity index (χ1n) is 13.0. The minimum Gasteiger partial charge on any atom is -0.352 e. The van der Waals surface area contributed by atoms with Crippen LogP contribution >= 0.6 is 0 Å². The molecule has 3 aromatic carbocycles. The van der Waals surface area contributed by atoms with Gasteiger partial charge in [-0.25, -0.2) is 8.42 Å². The molecule has 0 radical (unpaired) electrons. The normalized spacial score (nSPS) is 12.8. The van der Waals surface area contributed by atoms with Crippen LogP contribution < -0.4 is 9.62 Å². The van der Waals surface area contributed by atoms with Crippen LogP contribution in [-0.4, -0.2) is 43.8 Å². The first kappa shape index (κ1) is 28.9. The van der Waals surface area contributed by atoms with Gasteiger partial charge < -0.3 is 10.2 Å². The maximum atomic E-state index is 14.0. The molecule has 1 N–H and O–H groups in total. The van der Waals surface area contributed by atoms with Gasteiger partial charge in [0.1, 0.15) is 12.6 Å². The monoisotopic (exact) mass is 535 g/mol. The number of sulfonamides is 1. The molecule has 0 bridgehead atoms. The van der Waals surface area contributed by atoms with Gasteiger partial charge in [0.25, 0.3) is 10.0 Å². The van der Waals surface area contributed by atoms with Crippen molar-refractivity contribution in [1.82, 2.24) is 10.2 Å². The Hall–Kier alpha value is -3.65. The van der Waals surface area contributed by atoms with Crippen LogP contribution in [0, 0.1) is 6.92 Å². The number of nitrogens with zero attached hydrogens (tertiary/aromatic N) is 2. The van der Waals surface area contributed by atoms with E-state index in [2.05, 4.69) is 5.32 Å². The van der Waals surface area contributed by atoms with Gasteiger partial charge in [0.15, 0.2) is 0 Å². The predicted molar refractivity (Wildman–Crippen MR) is 151 cm³/mol. The number of benzene rings is 3. The quantitative estimate of drug-likeness (QED) is 0.357. The second-order valence-corrected chi connectivity index (χ2v) is 11.3. The topological polar surface area (TPSA) is 86.8 Å². The Balaban J connectivity index is 2.02. The van der Waals surface area contributed by atoms with Gasteiger partial charge in [0.05, 0.1) is 10.6 Å². The van der Waals surface area contributed by atoms with Crippen LogP contribution in [0.1, 0.15) is 44.7 Å². The van der Waals surface area contributed by atoms with Crippen molar-refractivity contribution < 1.29 is 18.0 Å². The maximum Gasteiger partial charge on any atom is 0.264 e. The largest absolute Gasteiger partial charge is 0.352 e. The minimum absolute atomic E-state index is 0.0484. The molecule has 0 spiro atoms. The van der Waals surface area contributed by atoms with Gasteiger partial charge in [-0.15, -0.1) is 0 Å². The highest BCUT2D eigenvalue weighted by molar-refractivity contribution is 7.92. The highest BCUT2D eigenvalue weighted by Crippen LogP contribution is 2.25. The Labute approximate surface area is 226 Å². The van der Waals surface area contributed by atoms with Crippen molar-refractivity contribution in [3.05, 3.63) is 96.1 Å². The van der Waals surface area contributed by atoms with Crippen molar-refractivity contribution in [3.63, 3.8) is 0 Å². The lowest BCUT2D eigenvalue weighted by atomic mass is 10.1. The van der Waals surface area contributed by atoms with Crippen molar-refractivity contribution >= 4 is 27.5 Å². The minimum atomic E-state index is -4.06. The number of rotatable bonds is 12. The van der Waals surface area contributed by atoms with Crippen LogP contribution in [0.3, 0.4) is 0 Å². The van der Waals surface area contributed by atoms with Crippen molar-refractivity contribution in [2.75, 3.05) is 10.8 Å². The molecule has 0 unspecified atom stereocenters. The molecule has 2 amide bonds. The molecule has 3 aromatic rings.